The van der Waals surface area contributed by atoms with E-state index in [0.29, 0.717) is 0 Å². The van der Waals surface area contributed by atoms with Gasteiger partial charge in [-0.2, -0.15) is 0 Å². The number of benzene rings is 1. The van der Waals surface area contributed by atoms with Gasteiger partial charge in [0.05, 0.1) is 26.3 Å². The van der Waals surface area contributed by atoms with Crippen LogP contribution in [-0.2, 0) is 10.8 Å². The Morgan fingerprint density at radius 3 is 3.06 bits per heavy atom. The average molecular weight is 266 g/mol. The minimum atomic E-state index is -0.958. The third-order valence-electron chi connectivity index (χ3n) is 3.00. The summed E-state index contributed by atoms with van der Waals surface area (Å²) in [5, 5.41) is 3.53. The van der Waals surface area contributed by atoms with Gasteiger partial charge in [-0.05, 0) is 31.5 Å². The molecule has 3 nitrogen and oxygen atoms in total. The van der Waals surface area contributed by atoms with E-state index in [1.165, 1.54) is 0 Å². The van der Waals surface area contributed by atoms with Crippen molar-refractivity contribution in [2.75, 3.05) is 13.1 Å². The Kier molecular flexibility index (Phi) is 3.22. The molecule has 3 rings (SSSR count). The smallest absolute Gasteiger partial charge is 0.182 e. The number of hydrogen-bond acceptors (Lipinski definition) is 4. The van der Waals surface area contributed by atoms with E-state index >= 15 is 0 Å². The second-order valence-corrected chi connectivity index (χ2v) is 7.15. The van der Waals surface area contributed by atoms with Crippen molar-refractivity contribution in [3.05, 3.63) is 24.3 Å². The maximum Gasteiger partial charge on any atom is 0.182 e. The minimum Gasteiger partial charge on any atom is -0.316 e. The largest absolute Gasteiger partial charge is 0.316 e. The highest BCUT2D eigenvalue weighted by molar-refractivity contribution is 7.88. The van der Waals surface area contributed by atoms with Gasteiger partial charge in [0.25, 0.3) is 0 Å². The van der Waals surface area contributed by atoms with Gasteiger partial charge < -0.3 is 5.32 Å². The van der Waals surface area contributed by atoms with Crippen LogP contribution in [0.5, 0.6) is 0 Å². The van der Waals surface area contributed by atoms with Crippen molar-refractivity contribution in [2.45, 2.75) is 22.4 Å². The van der Waals surface area contributed by atoms with Crippen LogP contribution in [0.1, 0.15) is 12.8 Å². The third kappa shape index (κ3) is 2.27. The molecule has 17 heavy (non-hydrogen) atoms. The molecule has 0 unspecified atom stereocenters. The van der Waals surface area contributed by atoms with Crippen LogP contribution in [0, 0.1) is 0 Å². The Morgan fingerprint density at radius 2 is 2.29 bits per heavy atom. The number of fused-ring (bicyclic) bond motifs is 1. The predicted octanol–water partition coefficient (Wildman–Crippen LogP) is 2.16. The lowest BCUT2D eigenvalue weighted by atomic mass is 10.2. The first-order chi connectivity index (χ1) is 8.34. The van der Waals surface area contributed by atoms with Crippen LogP contribution in [-0.4, -0.2) is 27.5 Å². The van der Waals surface area contributed by atoms with E-state index in [2.05, 4.69) is 10.3 Å². The molecule has 0 amide bonds. The SMILES string of the molecule is O=[S@@](c1nc2ccccc2s1)[C@@H]1CCCNC1. The Bertz CT molecular complexity index is 513. The van der Waals surface area contributed by atoms with Crippen molar-refractivity contribution in [1.82, 2.24) is 10.3 Å². The summed E-state index contributed by atoms with van der Waals surface area (Å²) in [4.78, 5) is 4.48. The number of nitrogens with zero attached hydrogens (tertiary/aromatic N) is 1. The molecule has 1 aromatic carbocycles. The molecule has 90 valence electrons. The monoisotopic (exact) mass is 266 g/mol. The van der Waals surface area contributed by atoms with Gasteiger partial charge in [0.15, 0.2) is 4.34 Å². The van der Waals surface area contributed by atoms with E-state index in [0.717, 1.165) is 40.5 Å². The van der Waals surface area contributed by atoms with Crippen LogP contribution in [0.25, 0.3) is 10.2 Å². The molecule has 0 bridgehead atoms. The molecule has 1 fully saturated rings. The highest BCUT2D eigenvalue weighted by atomic mass is 32.2. The zero-order valence-corrected chi connectivity index (χ0v) is 11.0. The molecule has 2 heterocycles. The van der Waals surface area contributed by atoms with E-state index in [4.69, 9.17) is 0 Å². The summed E-state index contributed by atoms with van der Waals surface area (Å²) in [6.07, 6.45) is 2.15. The van der Waals surface area contributed by atoms with Crippen molar-refractivity contribution in [1.29, 1.82) is 0 Å². The zero-order chi connectivity index (χ0) is 11.7. The van der Waals surface area contributed by atoms with Crippen molar-refractivity contribution in [3.8, 4) is 0 Å². The first-order valence-corrected chi connectivity index (χ1v) is 7.84. The summed E-state index contributed by atoms with van der Waals surface area (Å²) < 4.78 is 14.3. The minimum absolute atomic E-state index is 0.226. The van der Waals surface area contributed by atoms with E-state index in [9.17, 15) is 4.21 Å². The summed E-state index contributed by atoms with van der Waals surface area (Å²) in [6.45, 7) is 1.90. The molecule has 0 saturated carbocycles. The number of nitrogens with one attached hydrogen (secondary N) is 1. The molecule has 2 atom stereocenters. The van der Waals surface area contributed by atoms with E-state index in [1.54, 1.807) is 11.3 Å². The van der Waals surface area contributed by atoms with Crippen molar-refractivity contribution in [2.24, 2.45) is 0 Å². The summed E-state index contributed by atoms with van der Waals surface area (Å²) in [5.41, 5.74) is 0.963. The normalized spacial score (nSPS) is 22.7. The summed E-state index contributed by atoms with van der Waals surface area (Å²) in [5.74, 6) is 0. The van der Waals surface area contributed by atoms with Crippen LogP contribution in [0.3, 0.4) is 0 Å². The molecule has 0 radical (unpaired) electrons. The molecule has 1 saturated heterocycles. The Labute approximate surface area is 107 Å². The maximum absolute atomic E-state index is 12.4. The topological polar surface area (TPSA) is 42.0 Å². The lowest BCUT2D eigenvalue weighted by Crippen LogP contribution is -2.36. The number of rotatable bonds is 2. The van der Waals surface area contributed by atoms with E-state index in [-0.39, 0.29) is 5.25 Å². The molecule has 0 aliphatic carbocycles. The van der Waals surface area contributed by atoms with Crippen molar-refractivity contribution >= 4 is 32.4 Å². The van der Waals surface area contributed by atoms with Crippen LogP contribution >= 0.6 is 11.3 Å². The van der Waals surface area contributed by atoms with Gasteiger partial charge in [-0.3, -0.25) is 4.21 Å². The van der Waals surface area contributed by atoms with E-state index in [1.807, 2.05) is 24.3 Å². The Hall–Kier alpha value is -0.780. The highest BCUT2D eigenvalue weighted by Gasteiger charge is 2.23. The molecular weight excluding hydrogens is 252 g/mol. The zero-order valence-electron chi connectivity index (χ0n) is 9.39. The van der Waals surface area contributed by atoms with E-state index < -0.39 is 10.8 Å². The van der Waals surface area contributed by atoms with Gasteiger partial charge in [0.2, 0.25) is 0 Å². The van der Waals surface area contributed by atoms with Crippen LogP contribution in [0.4, 0.5) is 0 Å². The average Bonchev–Trinajstić information content (AvgIpc) is 2.82. The van der Waals surface area contributed by atoms with Gasteiger partial charge >= 0.3 is 0 Å². The number of aromatic nitrogens is 1. The molecule has 2 aromatic rings. The van der Waals surface area contributed by atoms with Crippen molar-refractivity contribution in [3.63, 3.8) is 0 Å². The van der Waals surface area contributed by atoms with Crippen LogP contribution in [0.15, 0.2) is 28.6 Å². The van der Waals surface area contributed by atoms with Gasteiger partial charge in [-0.25, -0.2) is 4.98 Å². The highest BCUT2D eigenvalue weighted by Crippen LogP contribution is 2.26. The number of piperidine rings is 1. The number of para-hydroxylation sites is 1. The fourth-order valence-corrected chi connectivity index (χ4v) is 4.91. The van der Waals surface area contributed by atoms with Gasteiger partial charge in [0.1, 0.15) is 0 Å². The fraction of sp³-hybridized carbons (Fsp3) is 0.417. The molecule has 1 N–H and O–H groups in total. The first-order valence-electron chi connectivity index (χ1n) is 5.81. The quantitative estimate of drug-likeness (QED) is 0.905. The summed E-state index contributed by atoms with van der Waals surface area (Å²) >= 11 is 1.56. The first kappa shape index (κ1) is 11.3. The molecule has 5 heteroatoms. The van der Waals surface area contributed by atoms with Gasteiger partial charge in [-0.15, -0.1) is 11.3 Å². The van der Waals surface area contributed by atoms with Gasteiger partial charge in [0, 0.05) is 6.54 Å². The predicted molar refractivity (Wildman–Crippen MR) is 71.9 cm³/mol. The summed E-state index contributed by atoms with van der Waals surface area (Å²) in [6, 6.07) is 7.98. The fourth-order valence-electron chi connectivity index (χ4n) is 2.08. The second-order valence-electron chi connectivity index (χ2n) is 4.21. The second kappa shape index (κ2) is 4.84. The van der Waals surface area contributed by atoms with Gasteiger partial charge in [-0.1, -0.05) is 12.1 Å². The lowest BCUT2D eigenvalue weighted by Gasteiger charge is -2.20. The molecule has 1 aromatic heterocycles. The van der Waals surface area contributed by atoms with Crippen LogP contribution in [0.2, 0.25) is 0 Å². The lowest BCUT2D eigenvalue weighted by molar-refractivity contribution is 0.519. The Balaban J connectivity index is 1.89. The molecule has 1 aliphatic heterocycles. The standard InChI is InChI=1S/C12H14N2OS2/c15-17(9-4-3-7-13-8-9)12-14-10-5-1-2-6-11(10)16-12/h1-2,5-6,9,13H,3-4,7-8H2/t9-,17-/m1/s1. The molecular formula is C12H14N2OS2. The summed E-state index contributed by atoms with van der Waals surface area (Å²) in [7, 11) is -0.958. The Morgan fingerprint density at radius 1 is 1.41 bits per heavy atom. The van der Waals surface area contributed by atoms with Crippen molar-refractivity contribution < 1.29 is 4.21 Å². The number of thiazole rings is 1. The molecule has 0 spiro atoms. The number of hydrogen-bond donors (Lipinski definition) is 1. The maximum atomic E-state index is 12.4. The molecule has 1 aliphatic rings. The van der Waals surface area contributed by atoms with Crippen LogP contribution < -0.4 is 5.32 Å². The third-order valence-corrected chi connectivity index (χ3v) is 6.02.